The van der Waals surface area contributed by atoms with Crippen LogP contribution in [-0.2, 0) is 19.5 Å². The number of nitrogens with zero attached hydrogens (tertiary/aromatic N) is 4. The molecular formula is C23H29FIN5. The first-order valence-electron chi connectivity index (χ1n) is 9.93. The number of hydrogen-bond donors (Lipinski definition) is 1. The van der Waals surface area contributed by atoms with Gasteiger partial charge in [-0.2, -0.15) is 0 Å². The van der Waals surface area contributed by atoms with Crippen molar-refractivity contribution in [1.82, 2.24) is 19.8 Å². The van der Waals surface area contributed by atoms with Crippen LogP contribution >= 0.6 is 24.0 Å². The summed E-state index contributed by atoms with van der Waals surface area (Å²) in [6, 6.07) is 17.0. The Labute approximate surface area is 195 Å². The van der Waals surface area contributed by atoms with Crippen molar-refractivity contribution in [3.8, 4) is 0 Å². The number of benzene rings is 2. The highest BCUT2D eigenvalue weighted by Crippen LogP contribution is 2.08. The number of imidazole rings is 1. The minimum absolute atomic E-state index is 0. The van der Waals surface area contributed by atoms with E-state index in [2.05, 4.69) is 27.0 Å². The zero-order valence-corrected chi connectivity index (χ0v) is 19.8. The average Bonchev–Trinajstić information content (AvgIpc) is 3.15. The van der Waals surface area contributed by atoms with E-state index in [0.717, 1.165) is 36.9 Å². The van der Waals surface area contributed by atoms with Gasteiger partial charge in [-0.3, -0.25) is 4.99 Å². The average molecular weight is 521 g/mol. The number of nitrogens with one attached hydrogen (secondary N) is 1. The third-order valence-corrected chi connectivity index (χ3v) is 4.60. The smallest absolute Gasteiger partial charge is 0.193 e. The van der Waals surface area contributed by atoms with Crippen LogP contribution in [0.3, 0.4) is 0 Å². The molecule has 0 saturated heterocycles. The summed E-state index contributed by atoms with van der Waals surface area (Å²) in [4.78, 5) is 11.2. The first-order valence-corrected chi connectivity index (χ1v) is 9.93. The molecule has 1 heterocycles. The van der Waals surface area contributed by atoms with Gasteiger partial charge in [0.05, 0.1) is 0 Å². The number of guanidine groups is 1. The molecule has 0 atom stereocenters. The van der Waals surface area contributed by atoms with Crippen molar-refractivity contribution in [2.45, 2.75) is 26.4 Å². The van der Waals surface area contributed by atoms with Crippen LogP contribution in [0.5, 0.6) is 0 Å². The minimum atomic E-state index is -0.219. The monoisotopic (exact) mass is 521 g/mol. The summed E-state index contributed by atoms with van der Waals surface area (Å²) in [6.45, 7) is 4.83. The predicted octanol–water partition coefficient (Wildman–Crippen LogP) is 4.33. The fraction of sp³-hybridized carbons (Fsp3) is 0.304. The largest absolute Gasteiger partial charge is 0.357 e. The Bertz CT molecular complexity index is 926. The van der Waals surface area contributed by atoms with Gasteiger partial charge < -0.3 is 14.8 Å². The highest BCUT2D eigenvalue weighted by Gasteiger charge is 2.08. The Morgan fingerprint density at radius 2 is 1.90 bits per heavy atom. The van der Waals surface area contributed by atoms with Crippen LogP contribution in [0.25, 0.3) is 0 Å². The number of hydrogen-bond acceptors (Lipinski definition) is 2. The number of halogens is 2. The van der Waals surface area contributed by atoms with Crippen molar-refractivity contribution in [3.63, 3.8) is 0 Å². The van der Waals surface area contributed by atoms with Gasteiger partial charge in [-0.25, -0.2) is 9.37 Å². The Morgan fingerprint density at radius 3 is 2.63 bits per heavy atom. The van der Waals surface area contributed by atoms with Crippen LogP contribution in [-0.4, -0.2) is 40.5 Å². The molecule has 30 heavy (non-hydrogen) atoms. The molecule has 0 bridgehead atoms. The van der Waals surface area contributed by atoms with E-state index in [1.54, 1.807) is 12.1 Å². The minimum Gasteiger partial charge on any atom is -0.357 e. The normalized spacial score (nSPS) is 11.1. The van der Waals surface area contributed by atoms with Gasteiger partial charge in [-0.1, -0.05) is 42.5 Å². The molecule has 0 aliphatic heterocycles. The first kappa shape index (κ1) is 23.9. The molecule has 0 aliphatic carbocycles. The van der Waals surface area contributed by atoms with Crippen LogP contribution in [0, 0.1) is 5.82 Å². The maximum atomic E-state index is 13.4. The van der Waals surface area contributed by atoms with Crippen molar-refractivity contribution in [1.29, 1.82) is 0 Å². The molecule has 7 heteroatoms. The fourth-order valence-electron chi connectivity index (χ4n) is 3.21. The topological polar surface area (TPSA) is 45.5 Å². The van der Waals surface area contributed by atoms with Gasteiger partial charge in [0.1, 0.15) is 11.6 Å². The van der Waals surface area contributed by atoms with Crippen molar-refractivity contribution in [3.05, 3.63) is 89.8 Å². The number of rotatable bonds is 8. The molecule has 160 valence electrons. The van der Waals surface area contributed by atoms with Gasteiger partial charge in [0, 0.05) is 52.0 Å². The van der Waals surface area contributed by atoms with E-state index >= 15 is 0 Å². The molecule has 0 aliphatic rings. The molecular weight excluding hydrogens is 492 g/mol. The number of aromatic nitrogens is 2. The molecule has 1 aromatic heterocycles. The Morgan fingerprint density at radius 1 is 1.13 bits per heavy atom. The number of aliphatic imine (C=N–C) groups is 1. The lowest BCUT2D eigenvalue weighted by Crippen LogP contribution is -2.38. The molecule has 0 unspecified atom stereocenters. The van der Waals surface area contributed by atoms with Gasteiger partial charge in [-0.15, -0.1) is 24.0 Å². The first-order chi connectivity index (χ1) is 14.2. The second-order valence-electron chi connectivity index (χ2n) is 6.93. The van der Waals surface area contributed by atoms with Gasteiger partial charge in [0.25, 0.3) is 0 Å². The molecule has 0 fully saturated rings. The highest BCUT2D eigenvalue weighted by molar-refractivity contribution is 14.0. The Hall–Kier alpha value is -2.42. The zero-order valence-electron chi connectivity index (χ0n) is 17.5. The van der Waals surface area contributed by atoms with Crippen LogP contribution < -0.4 is 5.32 Å². The van der Waals surface area contributed by atoms with Crippen LogP contribution in [0.1, 0.15) is 23.9 Å². The molecule has 0 amide bonds. The van der Waals surface area contributed by atoms with Gasteiger partial charge in [0.15, 0.2) is 5.96 Å². The molecule has 5 nitrogen and oxygen atoms in total. The van der Waals surface area contributed by atoms with E-state index in [4.69, 9.17) is 4.99 Å². The zero-order chi connectivity index (χ0) is 20.5. The van der Waals surface area contributed by atoms with Gasteiger partial charge in [-0.05, 0) is 30.2 Å². The summed E-state index contributed by atoms with van der Waals surface area (Å²) in [5, 5.41) is 3.31. The van der Waals surface area contributed by atoms with Crippen LogP contribution in [0.4, 0.5) is 4.39 Å². The van der Waals surface area contributed by atoms with E-state index in [-0.39, 0.29) is 29.8 Å². The van der Waals surface area contributed by atoms with E-state index < -0.39 is 0 Å². The molecule has 0 radical (unpaired) electrons. The summed E-state index contributed by atoms with van der Waals surface area (Å²) in [6.07, 6.45) is 4.60. The molecule has 1 N–H and O–H groups in total. The summed E-state index contributed by atoms with van der Waals surface area (Å²) in [7, 11) is 1.96. The Balaban J connectivity index is 0.00000320. The maximum Gasteiger partial charge on any atom is 0.193 e. The maximum absolute atomic E-state index is 13.4. The summed E-state index contributed by atoms with van der Waals surface area (Å²) in [5.74, 6) is 1.60. The summed E-state index contributed by atoms with van der Waals surface area (Å²) < 4.78 is 15.6. The second kappa shape index (κ2) is 12.3. The lowest BCUT2D eigenvalue weighted by Gasteiger charge is -2.22. The van der Waals surface area contributed by atoms with E-state index in [1.165, 1.54) is 11.6 Å². The SMILES string of the molecule is CCNC(=NCCc1nccn1Cc1ccccc1)N(C)Cc1cccc(F)c1.I. The highest BCUT2D eigenvalue weighted by atomic mass is 127. The van der Waals surface area contributed by atoms with Crippen LogP contribution in [0.2, 0.25) is 0 Å². The van der Waals surface area contributed by atoms with E-state index in [1.807, 2.05) is 55.5 Å². The lowest BCUT2D eigenvalue weighted by atomic mass is 10.2. The quantitative estimate of drug-likeness (QED) is 0.273. The third kappa shape index (κ3) is 7.12. The molecule has 0 saturated carbocycles. The standard InChI is InChI=1S/C23H28FN5.HI/c1-3-25-23(28(2)17-20-10-7-11-21(24)16-20)27-13-12-22-26-14-15-29(22)18-19-8-5-4-6-9-19;/h4-11,14-16H,3,12-13,17-18H2,1-2H3,(H,25,27);1H. The summed E-state index contributed by atoms with van der Waals surface area (Å²) >= 11 is 0. The van der Waals surface area contributed by atoms with Gasteiger partial charge >= 0.3 is 0 Å². The molecule has 3 rings (SSSR count). The molecule has 3 aromatic rings. The third-order valence-electron chi connectivity index (χ3n) is 4.60. The molecule has 0 spiro atoms. The predicted molar refractivity (Wildman–Crippen MR) is 131 cm³/mol. The lowest BCUT2D eigenvalue weighted by molar-refractivity contribution is 0.474. The van der Waals surface area contributed by atoms with Crippen molar-refractivity contribution >= 4 is 29.9 Å². The van der Waals surface area contributed by atoms with E-state index in [9.17, 15) is 4.39 Å². The molecule has 2 aromatic carbocycles. The van der Waals surface area contributed by atoms with E-state index in [0.29, 0.717) is 13.1 Å². The van der Waals surface area contributed by atoms with Crippen molar-refractivity contribution in [2.75, 3.05) is 20.1 Å². The van der Waals surface area contributed by atoms with Crippen LogP contribution in [0.15, 0.2) is 72.0 Å². The van der Waals surface area contributed by atoms with Crippen molar-refractivity contribution < 1.29 is 4.39 Å². The fourth-order valence-corrected chi connectivity index (χ4v) is 3.21. The summed E-state index contributed by atoms with van der Waals surface area (Å²) in [5.41, 5.74) is 2.16. The van der Waals surface area contributed by atoms with Crippen molar-refractivity contribution in [2.24, 2.45) is 4.99 Å². The Kier molecular flexibility index (Phi) is 9.79. The van der Waals surface area contributed by atoms with Gasteiger partial charge in [0.2, 0.25) is 0 Å². The second-order valence-corrected chi connectivity index (χ2v) is 6.93.